The molecule has 1 aromatic rings. The van der Waals surface area contributed by atoms with E-state index in [9.17, 15) is 34.8 Å². The molecule has 4 rings (SSSR count). The number of halogens is 1. The molecule has 7 N–H and O–H groups in total. The van der Waals surface area contributed by atoms with Crippen molar-refractivity contribution in [2.45, 2.75) is 58.2 Å². The van der Waals surface area contributed by atoms with Crippen LogP contribution in [0.4, 0.5) is 4.39 Å². The minimum Gasteiger partial charge on any atom is -0.508 e. The first-order valence-electron chi connectivity index (χ1n) is 12.9. The molecular weight excluding hydrogens is 509 g/mol. The number of hydrogen-bond donors (Lipinski definition) is 6. The number of ketones is 2. The zero-order valence-electron chi connectivity index (χ0n) is 22.8. The van der Waals surface area contributed by atoms with Crippen LogP contribution in [0.15, 0.2) is 23.0 Å². The number of aliphatic hydroxyl groups excluding tert-OH is 2. The Bertz CT molecular complexity index is 1330. The van der Waals surface area contributed by atoms with Crippen molar-refractivity contribution in [3.63, 3.8) is 0 Å². The lowest BCUT2D eigenvalue weighted by atomic mass is 9.57. The first kappa shape index (κ1) is 28.7. The van der Waals surface area contributed by atoms with Crippen molar-refractivity contribution in [2.75, 3.05) is 20.6 Å². The van der Waals surface area contributed by atoms with Gasteiger partial charge < -0.3 is 31.5 Å². The standard InChI is InChI=1S/C28H36FN3O7/c1-27(2,3)6-7-31-11-14-16(29)10-13-8-12-9-15-20(32(4)5)23(35)19(26(30)38)25(37)28(15,39)24(36)18(12)22(34)17(13)21(14)33/h10,12,15,20,31,33-34,37,39H,6-9,11H2,1-5H3,(H2,30,38)/t12-,15-,20-,28-/m0/s1. The van der Waals surface area contributed by atoms with Gasteiger partial charge in [0, 0.05) is 23.6 Å². The summed E-state index contributed by atoms with van der Waals surface area (Å²) in [6.07, 6.45) is 0.785. The molecule has 0 saturated heterocycles. The van der Waals surface area contributed by atoms with E-state index in [4.69, 9.17) is 5.73 Å². The number of nitrogens with two attached hydrogens (primary N) is 1. The molecule has 0 radical (unpaired) electrons. The van der Waals surface area contributed by atoms with Crippen molar-refractivity contribution in [3.8, 4) is 5.75 Å². The first-order valence-corrected chi connectivity index (χ1v) is 12.9. The molecule has 4 atom stereocenters. The zero-order chi connectivity index (χ0) is 29.2. The summed E-state index contributed by atoms with van der Waals surface area (Å²) >= 11 is 0. The SMILES string of the molecule is CN(C)[C@@H]1C(=O)C(C(N)=O)=C(O)[C@@]2(O)C(=O)C3=C(O)c4c(cc(F)c(CNCCC(C)(C)C)c4O)C[C@H]3C[C@@H]12. The van der Waals surface area contributed by atoms with Gasteiger partial charge in [0.15, 0.2) is 11.4 Å². The normalized spacial score (nSPS) is 27.0. The molecule has 1 fully saturated rings. The van der Waals surface area contributed by atoms with Gasteiger partial charge in [-0.05, 0) is 62.9 Å². The van der Waals surface area contributed by atoms with Crippen molar-refractivity contribution >= 4 is 23.2 Å². The minimum absolute atomic E-state index is 0.0227. The Hall–Kier alpha value is -3.28. The second-order valence-electron chi connectivity index (χ2n) is 12.2. The highest BCUT2D eigenvalue weighted by Gasteiger charge is 2.64. The van der Waals surface area contributed by atoms with Gasteiger partial charge in [-0.1, -0.05) is 20.8 Å². The molecule has 0 aromatic heterocycles. The maximum Gasteiger partial charge on any atom is 0.255 e. The number of nitrogens with zero attached hydrogens (tertiary/aromatic N) is 1. The van der Waals surface area contributed by atoms with E-state index >= 15 is 4.39 Å². The number of likely N-dealkylation sites (N-methyl/N-ethyl adjacent to an activating group) is 1. The first-order chi connectivity index (χ1) is 18.0. The molecule has 11 heteroatoms. The maximum absolute atomic E-state index is 15.1. The molecule has 0 aliphatic heterocycles. The Morgan fingerprint density at radius 3 is 2.44 bits per heavy atom. The van der Waals surface area contributed by atoms with Gasteiger partial charge in [-0.3, -0.25) is 19.3 Å². The third-order valence-corrected chi connectivity index (χ3v) is 8.12. The number of carbonyl (C=O) groups excluding carboxylic acids is 3. The summed E-state index contributed by atoms with van der Waals surface area (Å²) in [6.45, 7) is 6.73. The molecule has 0 bridgehead atoms. The number of hydrogen-bond acceptors (Lipinski definition) is 9. The summed E-state index contributed by atoms with van der Waals surface area (Å²) in [4.78, 5) is 40.4. The van der Waals surface area contributed by atoms with Crippen molar-refractivity contribution in [1.29, 1.82) is 0 Å². The Balaban J connectivity index is 1.81. The molecule has 212 valence electrons. The number of nitrogens with one attached hydrogen (secondary N) is 1. The van der Waals surface area contributed by atoms with E-state index < -0.39 is 69.6 Å². The van der Waals surface area contributed by atoms with Crippen LogP contribution in [-0.4, -0.2) is 75.1 Å². The molecular formula is C28H36FN3O7. The number of aliphatic hydroxyl groups is 3. The van der Waals surface area contributed by atoms with Gasteiger partial charge >= 0.3 is 0 Å². The van der Waals surface area contributed by atoms with E-state index in [2.05, 4.69) is 26.1 Å². The number of phenols is 1. The van der Waals surface area contributed by atoms with E-state index in [0.29, 0.717) is 6.54 Å². The van der Waals surface area contributed by atoms with Crippen LogP contribution in [-0.2, 0) is 27.3 Å². The van der Waals surface area contributed by atoms with Crippen LogP contribution in [0.3, 0.4) is 0 Å². The minimum atomic E-state index is -2.71. The maximum atomic E-state index is 15.1. The summed E-state index contributed by atoms with van der Waals surface area (Å²) in [5.74, 6) is -8.13. The highest BCUT2D eigenvalue weighted by Crippen LogP contribution is 2.53. The number of phenolic OH excluding ortho intramolecular Hbond substituents is 1. The van der Waals surface area contributed by atoms with Crippen molar-refractivity contribution in [1.82, 2.24) is 10.2 Å². The molecule has 1 amide bonds. The monoisotopic (exact) mass is 545 g/mol. The average Bonchev–Trinajstić information content (AvgIpc) is 2.79. The van der Waals surface area contributed by atoms with E-state index in [-0.39, 0.29) is 47.1 Å². The summed E-state index contributed by atoms with van der Waals surface area (Å²) in [5, 5.41) is 47.9. The van der Waals surface area contributed by atoms with Gasteiger partial charge in [0.05, 0.1) is 11.6 Å². The number of Topliss-reactive ketones (excluding diaryl/α,β-unsaturated/α-hetero) is 2. The smallest absolute Gasteiger partial charge is 0.255 e. The van der Waals surface area contributed by atoms with Gasteiger partial charge in [0.25, 0.3) is 5.91 Å². The molecule has 0 spiro atoms. The topological polar surface area (TPSA) is 173 Å². The van der Waals surface area contributed by atoms with Crippen LogP contribution in [0, 0.1) is 23.1 Å². The number of fused-ring (bicyclic) bond motifs is 3. The van der Waals surface area contributed by atoms with Crippen molar-refractivity contribution in [3.05, 3.63) is 45.5 Å². The quantitative estimate of drug-likeness (QED) is 0.229. The second kappa shape index (κ2) is 9.72. The fourth-order valence-electron chi connectivity index (χ4n) is 6.15. The number of amides is 1. The van der Waals surface area contributed by atoms with Gasteiger partial charge in [0.1, 0.15) is 28.7 Å². The molecule has 0 heterocycles. The number of carbonyl (C=O) groups is 3. The van der Waals surface area contributed by atoms with Crippen LogP contribution in [0.2, 0.25) is 0 Å². The van der Waals surface area contributed by atoms with Gasteiger partial charge in [-0.2, -0.15) is 0 Å². The highest BCUT2D eigenvalue weighted by atomic mass is 19.1. The molecule has 1 aromatic carbocycles. The number of rotatable bonds is 6. The predicted molar refractivity (Wildman–Crippen MR) is 140 cm³/mol. The fourth-order valence-corrected chi connectivity index (χ4v) is 6.15. The lowest BCUT2D eigenvalue weighted by molar-refractivity contribution is -0.153. The third kappa shape index (κ3) is 4.52. The van der Waals surface area contributed by atoms with E-state index in [1.165, 1.54) is 25.1 Å². The second-order valence-corrected chi connectivity index (χ2v) is 12.2. The van der Waals surface area contributed by atoms with Gasteiger partial charge in [-0.15, -0.1) is 0 Å². The van der Waals surface area contributed by atoms with E-state index in [0.717, 1.165) is 6.42 Å². The van der Waals surface area contributed by atoms with Crippen LogP contribution in [0.25, 0.3) is 5.76 Å². The Morgan fingerprint density at radius 2 is 1.87 bits per heavy atom. The lowest BCUT2D eigenvalue weighted by Crippen LogP contribution is -2.65. The van der Waals surface area contributed by atoms with Crippen LogP contribution in [0.5, 0.6) is 5.75 Å². The summed E-state index contributed by atoms with van der Waals surface area (Å²) in [6, 6.07) is 0.0423. The molecule has 1 saturated carbocycles. The number of primary amides is 1. The van der Waals surface area contributed by atoms with Gasteiger partial charge in [0.2, 0.25) is 5.78 Å². The number of benzene rings is 1. The van der Waals surface area contributed by atoms with Crippen LogP contribution >= 0.6 is 0 Å². The Kier molecular flexibility index (Phi) is 7.16. The Morgan fingerprint density at radius 1 is 1.23 bits per heavy atom. The molecule has 39 heavy (non-hydrogen) atoms. The van der Waals surface area contributed by atoms with Crippen LogP contribution < -0.4 is 11.1 Å². The Labute approximate surface area is 226 Å². The molecule has 3 aliphatic rings. The van der Waals surface area contributed by atoms with Gasteiger partial charge in [-0.25, -0.2) is 4.39 Å². The van der Waals surface area contributed by atoms with Crippen molar-refractivity contribution in [2.24, 2.45) is 23.0 Å². The lowest BCUT2D eigenvalue weighted by Gasteiger charge is -2.50. The van der Waals surface area contributed by atoms with E-state index in [1.54, 1.807) is 0 Å². The summed E-state index contributed by atoms with van der Waals surface area (Å²) in [7, 11) is 3.05. The number of aromatic hydroxyl groups is 1. The highest BCUT2D eigenvalue weighted by molar-refractivity contribution is 6.24. The summed E-state index contributed by atoms with van der Waals surface area (Å²) in [5.41, 5.74) is 1.59. The van der Waals surface area contributed by atoms with Crippen LogP contribution in [0.1, 0.15) is 50.3 Å². The summed E-state index contributed by atoms with van der Waals surface area (Å²) < 4.78 is 15.1. The molecule has 3 aliphatic carbocycles. The fraction of sp³-hybridized carbons (Fsp3) is 0.536. The molecule has 10 nitrogen and oxygen atoms in total. The largest absolute Gasteiger partial charge is 0.508 e. The molecule has 0 unspecified atom stereocenters. The third-order valence-electron chi connectivity index (χ3n) is 8.12. The van der Waals surface area contributed by atoms with E-state index in [1.807, 2.05) is 0 Å². The predicted octanol–water partition coefficient (Wildman–Crippen LogP) is 1.63. The average molecular weight is 546 g/mol. The van der Waals surface area contributed by atoms with Crippen molar-refractivity contribution < 1.29 is 39.2 Å². The zero-order valence-corrected chi connectivity index (χ0v) is 22.8.